The van der Waals surface area contributed by atoms with Crippen LogP contribution < -0.4 is 0 Å². The van der Waals surface area contributed by atoms with Gasteiger partial charge < -0.3 is 5.11 Å². The number of carbonyl (C=O) groups is 1. The Morgan fingerprint density at radius 3 is 2.61 bits per heavy atom. The van der Waals surface area contributed by atoms with Crippen LogP contribution in [0.25, 0.3) is 0 Å². The van der Waals surface area contributed by atoms with Gasteiger partial charge in [0, 0.05) is 12.1 Å². The summed E-state index contributed by atoms with van der Waals surface area (Å²) in [6.45, 7) is 3.13. The number of non-ortho nitro benzene ring substituents is 1. The molecule has 0 aliphatic heterocycles. The summed E-state index contributed by atoms with van der Waals surface area (Å²) in [5.41, 5.74) is -0.232. The molecule has 1 N–H and O–H groups in total. The van der Waals surface area contributed by atoms with E-state index in [4.69, 9.17) is 10.4 Å². The lowest BCUT2D eigenvalue weighted by atomic mass is 9.78. The van der Waals surface area contributed by atoms with Gasteiger partial charge in [-0.2, -0.15) is 5.26 Å². The normalized spacial score (nSPS) is 13.4. The second-order valence-corrected chi connectivity index (χ2v) is 4.27. The number of aliphatic carboxylic acids is 1. The molecule has 0 saturated carbocycles. The lowest BCUT2D eigenvalue weighted by Gasteiger charge is -2.21. The number of nitriles is 1. The summed E-state index contributed by atoms with van der Waals surface area (Å²) in [6, 6.07) is 6.03. The van der Waals surface area contributed by atoms with Crippen LogP contribution in [0, 0.1) is 28.4 Å². The van der Waals surface area contributed by atoms with Gasteiger partial charge >= 0.3 is 5.97 Å². The van der Waals surface area contributed by atoms with Crippen molar-refractivity contribution >= 4 is 11.7 Å². The monoisotopic (exact) mass is 248 g/mol. The molecule has 1 aromatic carbocycles. The van der Waals surface area contributed by atoms with E-state index in [0.717, 1.165) is 0 Å². The molecule has 0 radical (unpaired) electrons. The molecule has 0 spiro atoms. The molecule has 18 heavy (non-hydrogen) atoms. The molecule has 0 aliphatic rings. The second-order valence-electron chi connectivity index (χ2n) is 4.27. The van der Waals surface area contributed by atoms with E-state index in [1.807, 2.05) is 6.07 Å². The molecule has 0 heterocycles. The number of carboxylic acids is 1. The van der Waals surface area contributed by atoms with Crippen LogP contribution in [0.1, 0.15) is 24.5 Å². The van der Waals surface area contributed by atoms with Crippen molar-refractivity contribution < 1.29 is 14.8 Å². The van der Waals surface area contributed by atoms with Crippen LogP contribution in [-0.2, 0) is 10.2 Å². The summed E-state index contributed by atoms with van der Waals surface area (Å²) in [6.07, 6.45) is -0.345. The van der Waals surface area contributed by atoms with E-state index in [1.165, 1.54) is 25.1 Å². The molecule has 0 amide bonds. The number of carboxylic acid groups (broad SMARTS) is 1. The van der Waals surface area contributed by atoms with E-state index in [1.54, 1.807) is 6.92 Å². The average molecular weight is 248 g/mol. The Morgan fingerprint density at radius 2 is 2.22 bits per heavy atom. The van der Waals surface area contributed by atoms with Crippen LogP contribution in [0.4, 0.5) is 5.69 Å². The third kappa shape index (κ3) is 2.63. The molecule has 1 unspecified atom stereocenters. The molecule has 0 fully saturated rings. The summed E-state index contributed by atoms with van der Waals surface area (Å²) in [5.74, 6) is -1.09. The van der Waals surface area contributed by atoms with Crippen molar-refractivity contribution in [3.63, 3.8) is 0 Å². The van der Waals surface area contributed by atoms with Crippen molar-refractivity contribution in [2.75, 3.05) is 0 Å². The summed E-state index contributed by atoms with van der Waals surface area (Å²) in [5, 5.41) is 28.6. The molecule has 6 heteroatoms. The summed E-state index contributed by atoms with van der Waals surface area (Å²) < 4.78 is 0. The number of benzene rings is 1. The number of hydrogen-bond donors (Lipinski definition) is 1. The average Bonchev–Trinajstić information content (AvgIpc) is 2.27. The fraction of sp³-hybridized carbons (Fsp3) is 0.333. The van der Waals surface area contributed by atoms with Gasteiger partial charge in [-0.3, -0.25) is 14.9 Å². The lowest BCUT2D eigenvalue weighted by Crippen LogP contribution is -2.24. The highest BCUT2D eigenvalue weighted by Crippen LogP contribution is 2.31. The number of nitrogens with zero attached hydrogens (tertiary/aromatic N) is 2. The third-order valence-electron chi connectivity index (χ3n) is 2.77. The maximum atomic E-state index is 10.8. The fourth-order valence-electron chi connectivity index (χ4n) is 1.88. The van der Waals surface area contributed by atoms with Gasteiger partial charge in [-0.15, -0.1) is 0 Å². The van der Waals surface area contributed by atoms with Crippen molar-refractivity contribution in [2.45, 2.75) is 25.7 Å². The minimum Gasteiger partial charge on any atom is -0.481 e. The Hall–Kier alpha value is -2.42. The highest BCUT2D eigenvalue weighted by Gasteiger charge is 2.31. The smallest absolute Gasteiger partial charge is 0.305 e. The predicted octanol–water partition coefficient (Wildman–Crippen LogP) is 2.16. The van der Waals surface area contributed by atoms with Crippen LogP contribution in [0.3, 0.4) is 0 Å². The topological polar surface area (TPSA) is 104 Å². The molecular formula is C12H12N2O4. The van der Waals surface area contributed by atoms with E-state index in [-0.39, 0.29) is 12.1 Å². The van der Waals surface area contributed by atoms with E-state index in [2.05, 4.69) is 0 Å². The maximum Gasteiger partial charge on any atom is 0.305 e. The molecule has 0 saturated heterocycles. The summed E-state index contributed by atoms with van der Waals surface area (Å²) >= 11 is 0. The zero-order valence-corrected chi connectivity index (χ0v) is 10.0. The molecular weight excluding hydrogens is 236 g/mol. The zero-order valence-electron chi connectivity index (χ0n) is 10.0. The molecule has 0 aliphatic carbocycles. The largest absolute Gasteiger partial charge is 0.481 e. The van der Waals surface area contributed by atoms with Crippen molar-refractivity contribution in [2.24, 2.45) is 0 Å². The lowest BCUT2D eigenvalue weighted by molar-refractivity contribution is -0.384. The van der Waals surface area contributed by atoms with Gasteiger partial charge in [0.15, 0.2) is 0 Å². The first-order valence-electron chi connectivity index (χ1n) is 5.19. The Kier molecular flexibility index (Phi) is 3.67. The molecule has 1 atom stereocenters. The van der Waals surface area contributed by atoms with E-state index in [0.29, 0.717) is 11.1 Å². The molecule has 0 aromatic heterocycles. The number of nitro benzene ring substituents is 1. The number of aryl methyl sites for hydroxylation is 1. The van der Waals surface area contributed by atoms with Crippen molar-refractivity contribution in [1.82, 2.24) is 0 Å². The van der Waals surface area contributed by atoms with Crippen LogP contribution in [-0.4, -0.2) is 16.0 Å². The molecule has 1 rings (SSSR count). The standard InChI is InChI=1S/C12H12N2O4/c1-8-5-9(14(17)18)3-4-10(8)12(2,7-13)6-11(15)16/h3-5H,6H2,1-2H3,(H,15,16). The number of hydrogen-bond acceptors (Lipinski definition) is 4. The molecule has 1 aromatic rings. The number of nitro groups is 1. The van der Waals surface area contributed by atoms with Crippen LogP contribution in [0.15, 0.2) is 18.2 Å². The highest BCUT2D eigenvalue weighted by atomic mass is 16.6. The second kappa shape index (κ2) is 4.84. The highest BCUT2D eigenvalue weighted by molar-refractivity contribution is 5.70. The first-order valence-corrected chi connectivity index (χ1v) is 5.19. The third-order valence-corrected chi connectivity index (χ3v) is 2.77. The molecule has 6 nitrogen and oxygen atoms in total. The fourth-order valence-corrected chi connectivity index (χ4v) is 1.88. The van der Waals surface area contributed by atoms with Gasteiger partial charge in [-0.25, -0.2) is 0 Å². The Morgan fingerprint density at radius 1 is 1.61 bits per heavy atom. The van der Waals surface area contributed by atoms with E-state index < -0.39 is 16.3 Å². The molecule has 94 valence electrons. The Balaban J connectivity index is 3.28. The van der Waals surface area contributed by atoms with Crippen LogP contribution in [0.5, 0.6) is 0 Å². The summed E-state index contributed by atoms with van der Waals surface area (Å²) in [4.78, 5) is 20.9. The van der Waals surface area contributed by atoms with Gasteiger partial charge in [-0.1, -0.05) is 6.07 Å². The van der Waals surface area contributed by atoms with Crippen LogP contribution >= 0.6 is 0 Å². The predicted molar refractivity (Wildman–Crippen MR) is 63.1 cm³/mol. The minimum atomic E-state index is -1.19. The van der Waals surface area contributed by atoms with E-state index in [9.17, 15) is 14.9 Å². The Bertz CT molecular complexity index is 547. The first kappa shape index (κ1) is 13.6. The van der Waals surface area contributed by atoms with Crippen molar-refractivity contribution in [1.29, 1.82) is 5.26 Å². The maximum absolute atomic E-state index is 10.8. The Labute approximate surface area is 104 Å². The van der Waals surface area contributed by atoms with E-state index >= 15 is 0 Å². The minimum absolute atomic E-state index is 0.0770. The first-order chi connectivity index (χ1) is 8.30. The number of rotatable bonds is 4. The quantitative estimate of drug-likeness (QED) is 0.649. The van der Waals surface area contributed by atoms with Gasteiger partial charge in [-0.05, 0) is 25.0 Å². The summed E-state index contributed by atoms with van der Waals surface area (Å²) in [7, 11) is 0. The van der Waals surface area contributed by atoms with Crippen LogP contribution in [0.2, 0.25) is 0 Å². The van der Waals surface area contributed by atoms with Gasteiger partial charge in [0.1, 0.15) is 0 Å². The van der Waals surface area contributed by atoms with Crippen molar-refractivity contribution in [3.05, 3.63) is 39.4 Å². The SMILES string of the molecule is Cc1cc([N+](=O)[O-])ccc1C(C)(C#N)CC(=O)O. The van der Waals surface area contributed by atoms with Gasteiger partial charge in [0.05, 0.1) is 22.8 Å². The van der Waals surface area contributed by atoms with Gasteiger partial charge in [0.2, 0.25) is 0 Å². The van der Waals surface area contributed by atoms with Gasteiger partial charge in [0.25, 0.3) is 5.69 Å². The van der Waals surface area contributed by atoms with Crippen molar-refractivity contribution in [3.8, 4) is 6.07 Å². The molecule has 0 bridgehead atoms. The zero-order chi connectivity index (χ0) is 13.9.